The van der Waals surface area contributed by atoms with Gasteiger partial charge in [0, 0.05) is 17.5 Å². The molecule has 1 rings (SSSR count). The maximum atomic E-state index is 13.4. The zero-order valence-electron chi connectivity index (χ0n) is 11.8. The number of nitrogens with zero attached hydrogens (tertiary/aromatic N) is 1. The Morgan fingerprint density at radius 3 is 2.71 bits per heavy atom. The SMILES string of the molecule is CC(C)(CCCOc1cc(F)c(Br)cc1[N+](=O)[O-])C(=N)N. The number of nitro benzene ring substituents is 1. The molecule has 0 saturated heterocycles. The Labute approximate surface area is 130 Å². The number of halogens is 2. The molecule has 0 spiro atoms. The van der Waals surface area contributed by atoms with E-state index in [-0.39, 0.29) is 28.4 Å². The van der Waals surface area contributed by atoms with Gasteiger partial charge in [-0.05, 0) is 28.8 Å². The number of rotatable bonds is 7. The van der Waals surface area contributed by atoms with Gasteiger partial charge < -0.3 is 10.5 Å². The second kappa shape index (κ2) is 6.84. The van der Waals surface area contributed by atoms with Crippen LogP contribution in [0.2, 0.25) is 0 Å². The topological polar surface area (TPSA) is 102 Å². The highest BCUT2D eigenvalue weighted by Gasteiger charge is 2.22. The molecule has 0 fully saturated rings. The van der Waals surface area contributed by atoms with Gasteiger partial charge in [0.1, 0.15) is 5.82 Å². The summed E-state index contributed by atoms with van der Waals surface area (Å²) in [4.78, 5) is 10.3. The highest BCUT2D eigenvalue weighted by molar-refractivity contribution is 9.10. The largest absolute Gasteiger partial charge is 0.487 e. The fraction of sp³-hybridized carbons (Fsp3) is 0.462. The number of amidine groups is 1. The molecule has 0 bridgehead atoms. The molecule has 21 heavy (non-hydrogen) atoms. The van der Waals surface area contributed by atoms with Crippen molar-refractivity contribution in [2.75, 3.05) is 6.61 Å². The summed E-state index contributed by atoms with van der Waals surface area (Å²) in [5.41, 5.74) is 4.71. The Hall–Kier alpha value is -1.70. The van der Waals surface area contributed by atoms with Gasteiger partial charge in [-0.3, -0.25) is 15.5 Å². The molecule has 6 nitrogen and oxygen atoms in total. The second-order valence-corrected chi connectivity index (χ2v) is 6.10. The van der Waals surface area contributed by atoms with Crippen LogP contribution in [0.1, 0.15) is 26.7 Å². The number of hydrogen-bond donors (Lipinski definition) is 2. The van der Waals surface area contributed by atoms with Crippen LogP contribution >= 0.6 is 15.9 Å². The van der Waals surface area contributed by atoms with E-state index in [2.05, 4.69) is 15.9 Å². The fourth-order valence-electron chi connectivity index (χ4n) is 1.61. The number of nitrogens with one attached hydrogen (secondary N) is 1. The molecule has 0 aliphatic rings. The van der Waals surface area contributed by atoms with Crippen LogP contribution in [-0.2, 0) is 0 Å². The van der Waals surface area contributed by atoms with Crippen molar-refractivity contribution >= 4 is 27.5 Å². The maximum Gasteiger partial charge on any atom is 0.312 e. The van der Waals surface area contributed by atoms with Crippen molar-refractivity contribution < 1.29 is 14.1 Å². The number of nitro groups is 1. The van der Waals surface area contributed by atoms with Crippen LogP contribution in [0.4, 0.5) is 10.1 Å². The molecular weight excluding hydrogens is 345 g/mol. The van der Waals surface area contributed by atoms with Crippen molar-refractivity contribution in [1.82, 2.24) is 0 Å². The molecule has 1 aromatic rings. The number of benzene rings is 1. The molecular formula is C13H17BrFN3O3. The number of nitrogens with two attached hydrogens (primary N) is 1. The fourth-order valence-corrected chi connectivity index (χ4v) is 1.94. The molecule has 0 unspecified atom stereocenters. The van der Waals surface area contributed by atoms with Crippen molar-refractivity contribution in [3.8, 4) is 5.75 Å². The van der Waals surface area contributed by atoms with Gasteiger partial charge in [0.15, 0.2) is 5.75 Å². The lowest BCUT2D eigenvalue weighted by Crippen LogP contribution is -2.31. The Bertz CT molecular complexity index is 564. The summed E-state index contributed by atoms with van der Waals surface area (Å²) in [6.07, 6.45) is 1.14. The lowest BCUT2D eigenvalue weighted by molar-refractivity contribution is -0.386. The molecule has 116 valence electrons. The number of hydrogen-bond acceptors (Lipinski definition) is 4. The highest BCUT2D eigenvalue weighted by atomic mass is 79.9. The van der Waals surface area contributed by atoms with Gasteiger partial charge >= 0.3 is 5.69 Å². The van der Waals surface area contributed by atoms with Gasteiger partial charge in [-0.2, -0.15) is 0 Å². The van der Waals surface area contributed by atoms with Crippen LogP contribution < -0.4 is 10.5 Å². The molecule has 1 aromatic carbocycles. The summed E-state index contributed by atoms with van der Waals surface area (Å²) in [6, 6.07) is 2.06. The summed E-state index contributed by atoms with van der Waals surface area (Å²) >= 11 is 2.90. The molecule has 0 aliphatic heterocycles. The first-order valence-corrected chi connectivity index (χ1v) is 7.05. The van der Waals surface area contributed by atoms with Crippen molar-refractivity contribution in [2.24, 2.45) is 11.1 Å². The van der Waals surface area contributed by atoms with Gasteiger partial charge in [-0.25, -0.2) is 4.39 Å². The first-order valence-electron chi connectivity index (χ1n) is 6.26. The van der Waals surface area contributed by atoms with Gasteiger partial charge in [0.2, 0.25) is 0 Å². The van der Waals surface area contributed by atoms with E-state index in [9.17, 15) is 14.5 Å². The van der Waals surface area contributed by atoms with Crippen molar-refractivity contribution in [3.63, 3.8) is 0 Å². The van der Waals surface area contributed by atoms with E-state index >= 15 is 0 Å². The van der Waals surface area contributed by atoms with E-state index in [0.717, 1.165) is 12.1 Å². The average molecular weight is 362 g/mol. The minimum Gasteiger partial charge on any atom is -0.487 e. The van der Waals surface area contributed by atoms with Crippen LogP contribution in [0.3, 0.4) is 0 Å². The van der Waals surface area contributed by atoms with Crippen LogP contribution in [0.15, 0.2) is 16.6 Å². The van der Waals surface area contributed by atoms with Crippen LogP contribution in [0, 0.1) is 26.8 Å². The van der Waals surface area contributed by atoms with E-state index in [1.807, 2.05) is 13.8 Å². The van der Waals surface area contributed by atoms with Crippen molar-refractivity contribution in [3.05, 3.63) is 32.5 Å². The molecule has 0 atom stereocenters. The first kappa shape index (κ1) is 17.4. The third-order valence-corrected chi connectivity index (χ3v) is 3.74. The van der Waals surface area contributed by atoms with Gasteiger partial charge in [0.25, 0.3) is 0 Å². The zero-order chi connectivity index (χ0) is 16.2. The molecule has 8 heteroatoms. The summed E-state index contributed by atoms with van der Waals surface area (Å²) in [5.74, 6) is -0.663. The summed E-state index contributed by atoms with van der Waals surface area (Å²) in [6.45, 7) is 3.84. The van der Waals surface area contributed by atoms with Crippen LogP contribution in [0.25, 0.3) is 0 Å². The predicted molar refractivity (Wildman–Crippen MR) is 81.2 cm³/mol. The lowest BCUT2D eigenvalue weighted by Gasteiger charge is -2.22. The average Bonchev–Trinajstić information content (AvgIpc) is 2.37. The summed E-state index contributed by atoms with van der Waals surface area (Å²) in [7, 11) is 0. The first-order chi connectivity index (χ1) is 9.65. The number of ether oxygens (including phenoxy) is 1. The summed E-state index contributed by atoms with van der Waals surface area (Å²) < 4.78 is 18.7. The van der Waals surface area contributed by atoms with Crippen molar-refractivity contribution in [2.45, 2.75) is 26.7 Å². The quantitative estimate of drug-likeness (QED) is 0.254. The van der Waals surface area contributed by atoms with Crippen LogP contribution in [-0.4, -0.2) is 17.4 Å². The second-order valence-electron chi connectivity index (χ2n) is 5.24. The molecule has 0 aromatic heterocycles. The van der Waals surface area contributed by atoms with E-state index in [0.29, 0.717) is 12.8 Å². The minimum atomic E-state index is -0.626. The highest BCUT2D eigenvalue weighted by Crippen LogP contribution is 2.33. The van der Waals surface area contributed by atoms with E-state index in [1.54, 1.807) is 0 Å². The Morgan fingerprint density at radius 1 is 1.57 bits per heavy atom. The lowest BCUT2D eigenvalue weighted by atomic mass is 9.87. The molecule has 0 saturated carbocycles. The summed E-state index contributed by atoms with van der Waals surface area (Å²) in [5, 5.41) is 18.3. The van der Waals surface area contributed by atoms with Gasteiger partial charge in [-0.1, -0.05) is 13.8 Å². The smallest absolute Gasteiger partial charge is 0.312 e. The van der Waals surface area contributed by atoms with Crippen molar-refractivity contribution in [1.29, 1.82) is 5.41 Å². The maximum absolute atomic E-state index is 13.4. The van der Waals surface area contributed by atoms with Gasteiger partial charge in [0.05, 0.1) is 21.8 Å². The normalized spacial score (nSPS) is 11.2. The standard InChI is InChI=1S/C13H17BrFN3O3/c1-13(2,12(16)17)4-3-5-21-11-7-9(15)8(14)6-10(11)18(19)20/h6-7H,3-5H2,1-2H3,(H3,16,17). The zero-order valence-corrected chi connectivity index (χ0v) is 13.4. The minimum absolute atomic E-state index is 0.0132. The Morgan fingerprint density at radius 2 is 2.19 bits per heavy atom. The molecule has 0 aliphatic carbocycles. The van der Waals surface area contributed by atoms with Crippen LogP contribution in [0.5, 0.6) is 5.75 Å². The Kier molecular flexibility index (Phi) is 5.65. The third-order valence-electron chi connectivity index (χ3n) is 3.13. The van der Waals surface area contributed by atoms with E-state index < -0.39 is 16.2 Å². The van der Waals surface area contributed by atoms with E-state index in [1.165, 1.54) is 0 Å². The molecule has 0 heterocycles. The molecule has 0 radical (unpaired) electrons. The Balaban J connectivity index is 2.70. The van der Waals surface area contributed by atoms with Gasteiger partial charge in [-0.15, -0.1) is 0 Å². The third kappa shape index (κ3) is 4.66. The molecule has 3 N–H and O–H groups in total. The monoisotopic (exact) mass is 361 g/mol. The predicted octanol–water partition coefficient (Wildman–Crippen LogP) is 3.62. The molecule has 0 amide bonds. The van der Waals surface area contributed by atoms with E-state index in [4.69, 9.17) is 15.9 Å².